The molecule has 1 aromatic carbocycles. The minimum atomic E-state index is -0.127. The Bertz CT molecular complexity index is 534. The molecule has 1 unspecified atom stereocenters. The van der Waals surface area contributed by atoms with E-state index in [1.54, 1.807) is 14.2 Å². The van der Waals surface area contributed by atoms with Crippen LogP contribution in [0.1, 0.15) is 19.4 Å². The van der Waals surface area contributed by atoms with Crippen LogP contribution in [-0.2, 0) is 16.1 Å². The first-order valence-electron chi connectivity index (χ1n) is 8.03. The van der Waals surface area contributed by atoms with E-state index in [9.17, 15) is 4.79 Å². The van der Waals surface area contributed by atoms with Crippen LogP contribution in [0.2, 0.25) is 0 Å². The Balaban J connectivity index is 2.50. The quantitative estimate of drug-likeness (QED) is 0.461. The highest BCUT2D eigenvalue weighted by molar-refractivity contribution is 5.80. The molecule has 0 aliphatic rings. The van der Waals surface area contributed by atoms with Crippen LogP contribution in [0.5, 0.6) is 5.75 Å². The van der Waals surface area contributed by atoms with E-state index >= 15 is 0 Å². The van der Waals surface area contributed by atoms with E-state index in [0.717, 1.165) is 5.56 Å². The Morgan fingerprint density at radius 3 is 2.79 bits per heavy atom. The first-order chi connectivity index (χ1) is 11.6. The molecule has 1 amide bonds. The number of carbonyl (C=O) groups excluding carboxylic acids is 1. The topological polar surface area (TPSA) is 84.0 Å². The fourth-order valence-electron chi connectivity index (χ4n) is 2.05. The minimum Gasteiger partial charge on any atom is -0.484 e. The summed E-state index contributed by atoms with van der Waals surface area (Å²) in [6, 6.07) is 7.77. The number of methoxy groups -OCH3 is 1. The summed E-state index contributed by atoms with van der Waals surface area (Å²) in [4.78, 5) is 15.6. The predicted octanol–water partition coefficient (Wildman–Crippen LogP) is 0.901. The molecule has 0 saturated heterocycles. The van der Waals surface area contributed by atoms with Crippen LogP contribution in [0, 0.1) is 0 Å². The average Bonchev–Trinajstić information content (AvgIpc) is 2.57. The monoisotopic (exact) mass is 336 g/mol. The van der Waals surface area contributed by atoms with Crippen LogP contribution in [0.25, 0.3) is 0 Å². The van der Waals surface area contributed by atoms with Gasteiger partial charge in [0.05, 0.1) is 6.61 Å². The number of carbonyl (C=O) groups is 1. The molecule has 7 nitrogen and oxygen atoms in total. The molecule has 0 heterocycles. The molecule has 0 radical (unpaired) electrons. The third kappa shape index (κ3) is 7.82. The molecular formula is C17H28N4O3. The molecule has 24 heavy (non-hydrogen) atoms. The molecule has 1 atom stereocenters. The molecule has 7 heteroatoms. The van der Waals surface area contributed by atoms with E-state index < -0.39 is 0 Å². The summed E-state index contributed by atoms with van der Waals surface area (Å²) in [7, 11) is 3.39. The first kappa shape index (κ1) is 19.8. The number of nitrogens with zero attached hydrogens (tertiary/aromatic N) is 1. The van der Waals surface area contributed by atoms with Crippen molar-refractivity contribution in [2.75, 3.05) is 33.9 Å². The third-order valence-electron chi connectivity index (χ3n) is 3.13. The van der Waals surface area contributed by atoms with Gasteiger partial charge in [-0.3, -0.25) is 9.79 Å². The molecule has 3 N–H and O–H groups in total. The fourth-order valence-corrected chi connectivity index (χ4v) is 2.05. The van der Waals surface area contributed by atoms with Crippen molar-refractivity contribution in [2.24, 2.45) is 4.99 Å². The van der Waals surface area contributed by atoms with Gasteiger partial charge in [0.25, 0.3) is 5.91 Å². The van der Waals surface area contributed by atoms with Crippen molar-refractivity contribution in [1.82, 2.24) is 16.0 Å². The summed E-state index contributed by atoms with van der Waals surface area (Å²) >= 11 is 0. The zero-order chi connectivity index (χ0) is 17.8. The Hall–Kier alpha value is -2.28. The van der Waals surface area contributed by atoms with Gasteiger partial charge in [-0.15, -0.1) is 0 Å². The first-order valence-corrected chi connectivity index (χ1v) is 8.03. The largest absolute Gasteiger partial charge is 0.484 e. The minimum absolute atomic E-state index is 0.0163. The molecule has 0 bridgehead atoms. The molecule has 0 spiro atoms. The highest BCUT2D eigenvalue weighted by Crippen LogP contribution is 2.13. The third-order valence-corrected chi connectivity index (χ3v) is 3.13. The molecule has 0 aliphatic carbocycles. The summed E-state index contributed by atoms with van der Waals surface area (Å²) < 4.78 is 10.6. The Morgan fingerprint density at radius 2 is 2.12 bits per heavy atom. The van der Waals surface area contributed by atoms with Crippen LogP contribution in [0.3, 0.4) is 0 Å². The van der Waals surface area contributed by atoms with Crippen LogP contribution in [0.4, 0.5) is 0 Å². The molecule has 1 aromatic rings. The predicted molar refractivity (Wildman–Crippen MR) is 95.3 cm³/mol. The highest BCUT2D eigenvalue weighted by Gasteiger charge is 2.05. The van der Waals surface area contributed by atoms with Gasteiger partial charge in [-0.2, -0.15) is 0 Å². The number of benzene rings is 1. The van der Waals surface area contributed by atoms with E-state index in [4.69, 9.17) is 9.47 Å². The van der Waals surface area contributed by atoms with Crippen LogP contribution in [0.15, 0.2) is 29.3 Å². The van der Waals surface area contributed by atoms with Gasteiger partial charge in [0, 0.05) is 33.3 Å². The Labute approximate surface area is 143 Å². The van der Waals surface area contributed by atoms with E-state index in [-0.39, 0.29) is 18.6 Å². The lowest BCUT2D eigenvalue weighted by Crippen LogP contribution is -2.43. The van der Waals surface area contributed by atoms with Gasteiger partial charge in [-0.05, 0) is 31.5 Å². The van der Waals surface area contributed by atoms with Crippen molar-refractivity contribution in [2.45, 2.75) is 26.4 Å². The zero-order valence-electron chi connectivity index (χ0n) is 14.9. The number of nitrogens with one attached hydrogen (secondary N) is 3. The number of amides is 1. The van der Waals surface area contributed by atoms with E-state index in [0.29, 0.717) is 31.4 Å². The Kier molecular flexibility index (Phi) is 9.29. The lowest BCUT2D eigenvalue weighted by Gasteiger charge is -2.17. The number of aliphatic imine (C=N–C) groups is 1. The molecular weight excluding hydrogens is 308 g/mol. The van der Waals surface area contributed by atoms with Crippen LogP contribution >= 0.6 is 0 Å². The lowest BCUT2D eigenvalue weighted by atomic mass is 10.2. The fraction of sp³-hybridized carbons (Fsp3) is 0.529. The van der Waals surface area contributed by atoms with Crippen molar-refractivity contribution in [3.05, 3.63) is 29.8 Å². The second-order valence-electron chi connectivity index (χ2n) is 5.32. The number of hydrogen-bond donors (Lipinski definition) is 3. The summed E-state index contributed by atoms with van der Waals surface area (Å²) in [5, 5.41) is 9.17. The zero-order valence-corrected chi connectivity index (χ0v) is 14.9. The number of guanidine groups is 1. The van der Waals surface area contributed by atoms with Crippen molar-refractivity contribution in [3.63, 3.8) is 0 Å². The van der Waals surface area contributed by atoms with Crippen LogP contribution in [-0.4, -0.2) is 51.8 Å². The number of ether oxygens (including phenoxy) is 2. The maximum Gasteiger partial charge on any atom is 0.257 e. The van der Waals surface area contributed by atoms with E-state index in [2.05, 4.69) is 20.9 Å². The second kappa shape index (κ2) is 11.3. The van der Waals surface area contributed by atoms with E-state index in [1.165, 1.54) is 0 Å². The number of likely N-dealkylation sites (N-methyl/N-ethyl adjacent to an activating group) is 1. The van der Waals surface area contributed by atoms with Gasteiger partial charge in [-0.1, -0.05) is 12.1 Å². The van der Waals surface area contributed by atoms with Crippen molar-refractivity contribution >= 4 is 11.9 Å². The van der Waals surface area contributed by atoms with Crippen LogP contribution < -0.4 is 20.7 Å². The van der Waals surface area contributed by atoms with Gasteiger partial charge in [0.1, 0.15) is 5.75 Å². The summed E-state index contributed by atoms with van der Waals surface area (Å²) in [5.74, 6) is 1.24. The van der Waals surface area contributed by atoms with Gasteiger partial charge < -0.3 is 25.4 Å². The number of hydrogen-bond acceptors (Lipinski definition) is 4. The average molecular weight is 336 g/mol. The normalized spacial score (nSPS) is 12.4. The Morgan fingerprint density at radius 1 is 1.33 bits per heavy atom. The standard InChI is InChI=1S/C17H28N4O3/c1-5-19-16(22)12-24-15-8-6-7-14(9-15)10-20-17(18-3)21-13(2)11-23-4/h6-9,13H,5,10-12H2,1-4H3,(H,19,22)(H2,18,20,21). The molecule has 0 saturated carbocycles. The molecule has 1 rings (SSSR count). The van der Waals surface area contributed by atoms with E-state index in [1.807, 2.05) is 38.1 Å². The second-order valence-corrected chi connectivity index (χ2v) is 5.32. The van der Waals surface area contributed by atoms with Gasteiger partial charge in [0.2, 0.25) is 0 Å². The van der Waals surface area contributed by atoms with Crippen molar-refractivity contribution < 1.29 is 14.3 Å². The van der Waals surface area contributed by atoms with Crippen molar-refractivity contribution in [1.29, 1.82) is 0 Å². The maximum atomic E-state index is 11.4. The lowest BCUT2D eigenvalue weighted by molar-refractivity contribution is -0.122. The molecule has 0 aliphatic heterocycles. The van der Waals surface area contributed by atoms with Gasteiger partial charge in [0.15, 0.2) is 12.6 Å². The molecule has 0 aromatic heterocycles. The summed E-state index contributed by atoms with van der Waals surface area (Å²) in [6.45, 7) is 5.70. The van der Waals surface area contributed by atoms with Gasteiger partial charge >= 0.3 is 0 Å². The summed E-state index contributed by atoms with van der Waals surface area (Å²) in [5.41, 5.74) is 1.03. The SMILES string of the molecule is CCNC(=O)COc1cccc(CNC(=NC)NC(C)COC)c1. The molecule has 134 valence electrons. The van der Waals surface area contributed by atoms with Gasteiger partial charge in [-0.25, -0.2) is 0 Å². The highest BCUT2D eigenvalue weighted by atomic mass is 16.5. The maximum absolute atomic E-state index is 11.4. The van der Waals surface area contributed by atoms with Crippen molar-refractivity contribution in [3.8, 4) is 5.75 Å². The number of rotatable bonds is 9. The smallest absolute Gasteiger partial charge is 0.257 e. The summed E-state index contributed by atoms with van der Waals surface area (Å²) in [6.07, 6.45) is 0. The molecule has 0 fully saturated rings.